The second kappa shape index (κ2) is 8.34. The number of aromatic nitrogens is 4. The molecule has 0 aliphatic heterocycles. The number of anilines is 1. The first-order valence-corrected chi connectivity index (χ1v) is 12.6. The van der Waals surface area contributed by atoms with Crippen molar-refractivity contribution in [3.63, 3.8) is 0 Å². The van der Waals surface area contributed by atoms with Crippen LogP contribution in [0.4, 0.5) is 11.5 Å². The fourth-order valence-corrected chi connectivity index (χ4v) is 7.08. The monoisotopic (exact) mass is 514 g/mol. The third kappa shape index (κ3) is 4.10. The van der Waals surface area contributed by atoms with E-state index in [1.165, 1.54) is 25.5 Å². The Bertz CT molecular complexity index is 1280. The number of carbonyl (C=O) groups is 1. The third-order valence-corrected chi connectivity index (χ3v) is 8.33. The van der Waals surface area contributed by atoms with E-state index in [-0.39, 0.29) is 27.8 Å². The molecule has 0 saturated heterocycles. The van der Waals surface area contributed by atoms with Crippen LogP contribution in [0.5, 0.6) is 0 Å². The largest absolute Gasteiger partial charge is 0.320 e. The summed E-state index contributed by atoms with van der Waals surface area (Å²) < 4.78 is 3.31. The van der Waals surface area contributed by atoms with Crippen LogP contribution in [0.1, 0.15) is 54.6 Å². The van der Waals surface area contributed by atoms with Gasteiger partial charge >= 0.3 is 5.69 Å². The van der Waals surface area contributed by atoms with Crippen molar-refractivity contribution in [2.45, 2.75) is 50.6 Å². The number of nitro groups is 1. The smallest absolute Gasteiger partial charge is 0.302 e. The first-order valence-electron chi connectivity index (χ1n) is 11.8. The van der Waals surface area contributed by atoms with E-state index in [0.29, 0.717) is 29.3 Å². The molecule has 0 unspecified atom stereocenters. The van der Waals surface area contributed by atoms with Crippen molar-refractivity contribution in [3.05, 3.63) is 68.1 Å². The van der Waals surface area contributed by atoms with Crippen molar-refractivity contribution >= 4 is 40.6 Å². The maximum Gasteiger partial charge on any atom is 0.320 e. The van der Waals surface area contributed by atoms with Crippen LogP contribution in [0.2, 0.25) is 10.0 Å². The topological polar surface area (TPSA) is 108 Å². The Balaban J connectivity index is 1.25. The summed E-state index contributed by atoms with van der Waals surface area (Å²) in [6.07, 6.45) is 9.68. The summed E-state index contributed by atoms with van der Waals surface area (Å²) in [5.74, 6) is 1.36. The molecule has 4 bridgehead atoms. The molecule has 3 aromatic rings. The molecule has 2 heterocycles. The number of halogens is 2. The van der Waals surface area contributed by atoms with E-state index in [9.17, 15) is 14.9 Å². The van der Waals surface area contributed by atoms with Gasteiger partial charge in [-0.3, -0.25) is 24.3 Å². The normalized spacial score (nSPS) is 26.7. The summed E-state index contributed by atoms with van der Waals surface area (Å²) in [5.41, 5.74) is 0.218. The molecule has 1 amide bonds. The second-order valence-corrected chi connectivity index (χ2v) is 11.2. The molecule has 35 heavy (non-hydrogen) atoms. The number of rotatable bonds is 6. The first kappa shape index (κ1) is 22.5. The summed E-state index contributed by atoms with van der Waals surface area (Å²) >= 11 is 12.2. The number of amides is 1. The highest BCUT2D eigenvalue weighted by Crippen LogP contribution is 2.58. The summed E-state index contributed by atoms with van der Waals surface area (Å²) in [5, 5.41) is 24.2. The minimum atomic E-state index is -0.696. The van der Waals surface area contributed by atoms with E-state index in [4.69, 9.17) is 23.2 Å². The Morgan fingerprint density at radius 2 is 1.69 bits per heavy atom. The average molecular weight is 515 g/mol. The van der Waals surface area contributed by atoms with Crippen LogP contribution in [-0.2, 0) is 12.1 Å². The Morgan fingerprint density at radius 3 is 2.29 bits per heavy atom. The molecule has 4 fully saturated rings. The molecule has 0 radical (unpaired) electrons. The summed E-state index contributed by atoms with van der Waals surface area (Å²) in [6, 6.07) is 7.31. The molecule has 4 aliphatic carbocycles. The van der Waals surface area contributed by atoms with Gasteiger partial charge < -0.3 is 5.32 Å². The second-order valence-electron chi connectivity index (χ2n) is 10.3. The molecule has 0 spiro atoms. The molecule has 9 nitrogen and oxygen atoms in total. The summed E-state index contributed by atoms with van der Waals surface area (Å²) in [6.45, 7) is 0.424. The van der Waals surface area contributed by atoms with Crippen LogP contribution in [-0.4, -0.2) is 30.4 Å². The van der Waals surface area contributed by atoms with Gasteiger partial charge in [0.1, 0.15) is 11.2 Å². The number of carbonyl (C=O) groups excluding carboxylic acids is 1. The Hall–Kier alpha value is -2.91. The molecular formula is C24H24Cl2N6O3. The van der Waals surface area contributed by atoms with E-state index in [2.05, 4.69) is 15.5 Å². The average Bonchev–Trinajstić information content (AvgIpc) is 3.39. The molecule has 0 atom stereocenters. The number of nitrogens with zero attached hydrogens (tertiary/aromatic N) is 5. The van der Waals surface area contributed by atoms with Gasteiger partial charge in [0, 0.05) is 11.2 Å². The Labute approximate surface area is 211 Å². The number of nitrogens with one attached hydrogen (secondary N) is 1. The van der Waals surface area contributed by atoms with Crippen LogP contribution < -0.4 is 5.32 Å². The van der Waals surface area contributed by atoms with Gasteiger partial charge in [-0.05, 0) is 74.0 Å². The third-order valence-electron chi connectivity index (χ3n) is 7.81. The maximum atomic E-state index is 13.1. The van der Waals surface area contributed by atoms with Crippen molar-refractivity contribution in [3.8, 4) is 0 Å². The zero-order valence-electron chi connectivity index (χ0n) is 18.9. The fourth-order valence-electron chi connectivity index (χ4n) is 6.76. The van der Waals surface area contributed by atoms with E-state index in [1.54, 1.807) is 27.7 Å². The lowest BCUT2D eigenvalue weighted by Gasteiger charge is -2.56. The van der Waals surface area contributed by atoms with Gasteiger partial charge in [0.2, 0.25) is 5.69 Å². The molecule has 11 heteroatoms. The quantitative estimate of drug-likeness (QED) is 0.344. The minimum absolute atomic E-state index is 0.129. The van der Waals surface area contributed by atoms with Gasteiger partial charge in [-0.15, -0.1) is 0 Å². The molecule has 182 valence electrons. The van der Waals surface area contributed by atoms with Crippen LogP contribution in [0.3, 0.4) is 0 Å². The van der Waals surface area contributed by atoms with Gasteiger partial charge in [0.05, 0.1) is 17.0 Å². The van der Waals surface area contributed by atoms with Crippen LogP contribution >= 0.6 is 23.2 Å². The zero-order valence-corrected chi connectivity index (χ0v) is 20.4. The summed E-state index contributed by atoms with van der Waals surface area (Å²) in [7, 11) is 0. The SMILES string of the molecule is O=C(Nc1nn(Cc2ccc(Cl)cc2)cc1Cl)c1nn(C23CC4CC(CC(C4)C2)C3)cc1[N+](=O)[O-]. The molecule has 4 saturated carbocycles. The number of hydrogen-bond donors (Lipinski definition) is 1. The van der Waals surface area contributed by atoms with E-state index in [1.807, 2.05) is 12.1 Å². The molecule has 2 aromatic heterocycles. The minimum Gasteiger partial charge on any atom is -0.302 e. The zero-order chi connectivity index (χ0) is 24.3. The lowest BCUT2D eigenvalue weighted by molar-refractivity contribution is -0.385. The van der Waals surface area contributed by atoms with Crippen molar-refractivity contribution in [2.24, 2.45) is 17.8 Å². The van der Waals surface area contributed by atoms with Gasteiger partial charge in [-0.25, -0.2) is 0 Å². The number of benzene rings is 1. The van der Waals surface area contributed by atoms with Gasteiger partial charge in [-0.2, -0.15) is 10.2 Å². The Kier molecular flexibility index (Phi) is 5.37. The van der Waals surface area contributed by atoms with Crippen LogP contribution in [0.15, 0.2) is 36.7 Å². The van der Waals surface area contributed by atoms with Crippen molar-refractivity contribution < 1.29 is 9.72 Å². The molecule has 4 aliphatic rings. The lowest BCUT2D eigenvalue weighted by Crippen LogP contribution is -2.52. The molecule has 1 N–H and O–H groups in total. The van der Waals surface area contributed by atoms with Crippen LogP contribution in [0, 0.1) is 27.9 Å². The first-order chi connectivity index (χ1) is 16.8. The van der Waals surface area contributed by atoms with Crippen molar-refractivity contribution in [1.82, 2.24) is 19.6 Å². The van der Waals surface area contributed by atoms with Gasteiger partial charge in [0.15, 0.2) is 5.82 Å². The van der Waals surface area contributed by atoms with E-state index in [0.717, 1.165) is 24.8 Å². The van der Waals surface area contributed by atoms with Crippen LogP contribution in [0.25, 0.3) is 0 Å². The van der Waals surface area contributed by atoms with E-state index >= 15 is 0 Å². The molecule has 1 aromatic carbocycles. The predicted octanol–water partition coefficient (Wildman–Crippen LogP) is 5.52. The predicted molar refractivity (Wildman–Crippen MR) is 131 cm³/mol. The highest BCUT2D eigenvalue weighted by molar-refractivity contribution is 6.33. The fraction of sp³-hybridized carbons (Fsp3) is 0.458. The lowest BCUT2D eigenvalue weighted by atomic mass is 9.53. The summed E-state index contributed by atoms with van der Waals surface area (Å²) in [4.78, 5) is 24.4. The van der Waals surface area contributed by atoms with Crippen molar-refractivity contribution in [2.75, 3.05) is 5.32 Å². The van der Waals surface area contributed by atoms with E-state index < -0.39 is 10.8 Å². The highest BCUT2D eigenvalue weighted by atomic mass is 35.5. The van der Waals surface area contributed by atoms with Crippen molar-refractivity contribution in [1.29, 1.82) is 0 Å². The standard InChI is InChI=1S/C24H24Cl2N6O3/c25-18-3-1-14(2-4-18)11-30-12-19(26)22(29-30)27-23(33)21-20(32(34)35)13-31(28-21)24-8-15-5-16(9-24)7-17(6-15)10-24/h1-4,12-13,15-17H,5-11H2,(H,27,29,33). The van der Waals surface area contributed by atoms with Gasteiger partial charge in [0.25, 0.3) is 5.91 Å². The van der Waals surface area contributed by atoms with Gasteiger partial charge in [-0.1, -0.05) is 35.3 Å². The maximum absolute atomic E-state index is 13.1. The highest BCUT2D eigenvalue weighted by Gasteiger charge is 2.53. The number of hydrogen-bond acceptors (Lipinski definition) is 5. The molecule has 7 rings (SSSR count). The Morgan fingerprint density at radius 1 is 1.06 bits per heavy atom. The molecular weight excluding hydrogens is 491 g/mol.